The third-order valence-electron chi connectivity index (χ3n) is 0.365. The summed E-state index contributed by atoms with van der Waals surface area (Å²) in [4.78, 5) is 0. The molecule has 0 spiro atoms. The van der Waals surface area contributed by atoms with Gasteiger partial charge >= 0.3 is 0 Å². The second-order valence-electron chi connectivity index (χ2n) is 0.889. The fraction of sp³-hybridized carbons (Fsp3) is 1.00. The molecule has 0 amide bonds. The number of aliphatic hydroxyl groups is 2. The fourth-order valence-electron chi connectivity index (χ4n) is 0. The van der Waals surface area contributed by atoms with E-state index in [-0.39, 0.29) is 16.4 Å². The Bertz CT molecular complexity index is 21.6. The van der Waals surface area contributed by atoms with Crippen molar-refractivity contribution >= 4 is 0 Å². The van der Waals surface area contributed by atoms with E-state index in [1.165, 1.54) is 0 Å². The number of hydrogen-bond donors (Lipinski definition) is 2. The molecule has 0 rings (SSSR count). The lowest BCUT2D eigenvalue weighted by Crippen LogP contribution is -1.99. The van der Waals surface area contributed by atoms with E-state index in [2.05, 4.69) is 0 Å². The van der Waals surface area contributed by atoms with Crippen molar-refractivity contribution in [1.82, 2.24) is 0 Å². The van der Waals surface area contributed by atoms with Crippen LogP contribution in [0.4, 0.5) is 0 Å². The maximum atomic E-state index is 7.92. The Morgan fingerprint density at radius 2 is 1.25 bits per heavy atom. The fourth-order valence-corrected chi connectivity index (χ4v) is 0. The standard InChI is InChI=1S/C3H8O2.3H2O/c1-2-3(4)5;;;/h3-5H,2H2,1H3;3*1H2. The van der Waals surface area contributed by atoms with E-state index in [9.17, 15) is 0 Å². The Kier molecular flexibility index (Phi) is 49.5. The molecule has 8 heavy (non-hydrogen) atoms. The predicted octanol–water partition coefficient (Wildman–Crippen LogP) is -2.77. The molecule has 0 saturated carbocycles. The minimum absolute atomic E-state index is 0. The van der Waals surface area contributed by atoms with Gasteiger partial charge in [0.25, 0.3) is 0 Å². The molecule has 0 bridgehead atoms. The molecule has 5 nitrogen and oxygen atoms in total. The highest BCUT2D eigenvalue weighted by molar-refractivity contribution is 4.21. The molecule has 5 heteroatoms. The van der Waals surface area contributed by atoms with Gasteiger partial charge in [-0.1, -0.05) is 6.92 Å². The summed E-state index contributed by atoms with van der Waals surface area (Å²) >= 11 is 0. The average molecular weight is 130 g/mol. The Labute approximate surface area is 47.5 Å². The summed E-state index contributed by atoms with van der Waals surface area (Å²) in [5.74, 6) is 0. The van der Waals surface area contributed by atoms with E-state index in [1.807, 2.05) is 0 Å². The summed E-state index contributed by atoms with van der Waals surface area (Å²) in [6.45, 7) is 1.70. The van der Waals surface area contributed by atoms with Gasteiger partial charge in [-0.05, 0) is 6.42 Å². The zero-order chi connectivity index (χ0) is 4.28. The van der Waals surface area contributed by atoms with Crippen molar-refractivity contribution in [2.24, 2.45) is 0 Å². The van der Waals surface area contributed by atoms with E-state index < -0.39 is 6.29 Å². The first-order valence-corrected chi connectivity index (χ1v) is 1.63. The van der Waals surface area contributed by atoms with Gasteiger partial charge in [-0.15, -0.1) is 0 Å². The summed E-state index contributed by atoms with van der Waals surface area (Å²) in [5.41, 5.74) is 0. The van der Waals surface area contributed by atoms with Crippen LogP contribution in [-0.2, 0) is 0 Å². The highest BCUT2D eigenvalue weighted by Crippen LogP contribution is 1.77. The lowest BCUT2D eigenvalue weighted by Gasteiger charge is -1.90. The van der Waals surface area contributed by atoms with Crippen LogP contribution in [0.25, 0.3) is 0 Å². The van der Waals surface area contributed by atoms with Gasteiger partial charge in [-0.2, -0.15) is 0 Å². The molecule has 0 radical (unpaired) electrons. The molecule has 0 unspecified atom stereocenters. The van der Waals surface area contributed by atoms with E-state index in [0.29, 0.717) is 6.42 Å². The van der Waals surface area contributed by atoms with Crippen LogP contribution < -0.4 is 0 Å². The quantitative estimate of drug-likeness (QED) is 0.371. The van der Waals surface area contributed by atoms with Crippen LogP contribution in [0, 0.1) is 0 Å². The maximum absolute atomic E-state index is 7.92. The van der Waals surface area contributed by atoms with E-state index in [1.54, 1.807) is 6.92 Å². The molecule has 0 aromatic carbocycles. The number of rotatable bonds is 1. The minimum Gasteiger partial charge on any atom is -0.412 e. The summed E-state index contributed by atoms with van der Waals surface area (Å²) in [6, 6.07) is 0. The highest BCUT2D eigenvalue weighted by atomic mass is 16.5. The zero-order valence-corrected chi connectivity index (χ0v) is 4.68. The van der Waals surface area contributed by atoms with Crippen molar-refractivity contribution in [2.75, 3.05) is 0 Å². The highest BCUT2D eigenvalue weighted by Gasteiger charge is 1.83. The third-order valence-corrected chi connectivity index (χ3v) is 0.365. The Hall–Kier alpha value is -0.200. The van der Waals surface area contributed by atoms with Crippen molar-refractivity contribution in [3.8, 4) is 0 Å². The molecular weight excluding hydrogens is 116 g/mol. The van der Waals surface area contributed by atoms with Crippen LogP contribution in [0.5, 0.6) is 0 Å². The van der Waals surface area contributed by atoms with Crippen LogP contribution in [0.3, 0.4) is 0 Å². The van der Waals surface area contributed by atoms with Gasteiger partial charge in [0.2, 0.25) is 0 Å². The molecule has 0 aliphatic heterocycles. The van der Waals surface area contributed by atoms with Crippen molar-refractivity contribution in [1.29, 1.82) is 0 Å². The van der Waals surface area contributed by atoms with Gasteiger partial charge in [0.1, 0.15) is 0 Å². The lowest BCUT2D eigenvalue weighted by atomic mass is 10.5. The van der Waals surface area contributed by atoms with Crippen LogP contribution in [0.1, 0.15) is 13.3 Å². The van der Waals surface area contributed by atoms with Gasteiger partial charge in [0, 0.05) is 0 Å². The number of aliphatic hydroxyl groups excluding tert-OH is 1. The average Bonchev–Trinajstić information content (AvgIpc) is 1.38. The first-order valence-electron chi connectivity index (χ1n) is 1.63. The van der Waals surface area contributed by atoms with Gasteiger partial charge in [0.05, 0.1) is 0 Å². The molecule has 56 valence electrons. The Morgan fingerprint density at radius 3 is 1.25 bits per heavy atom. The largest absolute Gasteiger partial charge is 0.412 e. The predicted molar refractivity (Wildman–Crippen MR) is 29.4 cm³/mol. The molecule has 0 atom stereocenters. The smallest absolute Gasteiger partial charge is 0.151 e. The maximum Gasteiger partial charge on any atom is 0.151 e. The molecule has 8 N–H and O–H groups in total. The molecule has 0 aromatic rings. The molecule has 0 aromatic heterocycles. The molecule has 0 saturated heterocycles. The van der Waals surface area contributed by atoms with Crippen molar-refractivity contribution in [3.63, 3.8) is 0 Å². The molecule has 0 fully saturated rings. The second kappa shape index (κ2) is 15.8. The minimum atomic E-state index is -1.12. The van der Waals surface area contributed by atoms with Crippen LogP contribution in [-0.4, -0.2) is 32.9 Å². The van der Waals surface area contributed by atoms with Gasteiger partial charge < -0.3 is 26.6 Å². The van der Waals surface area contributed by atoms with E-state index in [4.69, 9.17) is 10.2 Å². The Morgan fingerprint density at radius 1 is 1.12 bits per heavy atom. The first-order chi connectivity index (χ1) is 2.27. The van der Waals surface area contributed by atoms with Gasteiger partial charge in [-0.3, -0.25) is 0 Å². The van der Waals surface area contributed by atoms with Crippen molar-refractivity contribution in [2.45, 2.75) is 19.6 Å². The van der Waals surface area contributed by atoms with Crippen molar-refractivity contribution in [3.05, 3.63) is 0 Å². The summed E-state index contributed by atoms with van der Waals surface area (Å²) in [6.07, 6.45) is -0.699. The van der Waals surface area contributed by atoms with Crippen LogP contribution >= 0.6 is 0 Å². The number of hydrogen-bond acceptors (Lipinski definition) is 2. The summed E-state index contributed by atoms with van der Waals surface area (Å²) in [5, 5.41) is 15.8. The lowest BCUT2D eigenvalue weighted by molar-refractivity contribution is -0.0413. The molecular formula is C3H14O5. The third kappa shape index (κ3) is 41.2. The normalized spacial score (nSPS) is 6.00. The molecule has 0 heterocycles. The summed E-state index contributed by atoms with van der Waals surface area (Å²) in [7, 11) is 0. The first kappa shape index (κ1) is 25.0. The Balaban J connectivity index is -0.0000000267. The summed E-state index contributed by atoms with van der Waals surface area (Å²) < 4.78 is 0. The van der Waals surface area contributed by atoms with Crippen molar-refractivity contribution < 1.29 is 26.6 Å². The van der Waals surface area contributed by atoms with Gasteiger partial charge in [0.15, 0.2) is 6.29 Å². The van der Waals surface area contributed by atoms with E-state index in [0.717, 1.165) is 0 Å². The van der Waals surface area contributed by atoms with Gasteiger partial charge in [-0.25, -0.2) is 0 Å². The SMILES string of the molecule is CCC(O)O.O.O.O. The van der Waals surface area contributed by atoms with Crippen LogP contribution in [0.2, 0.25) is 0 Å². The van der Waals surface area contributed by atoms with E-state index >= 15 is 0 Å². The zero-order valence-electron chi connectivity index (χ0n) is 4.68. The monoisotopic (exact) mass is 130 g/mol. The van der Waals surface area contributed by atoms with Crippen LogP contribution in [0.15, 0.2) is 0 Å². The second-order valence-corrected chi connectivity index (χ2v) is 0.889. The molecule has 0 aliphatic rings. The topological polar surface area (TPSA) is 135 Å². The molecule has 0 aliphatic carbocycles.